The van der Waals surface area contributed by atoms with Gasteiger partial charge in [-0.3, -0.25) is 4.90 Å². The van der Waals surface area contributed by atoms with E-state index in [1.54, 1.807) is 16.2 Å². The summed E-state index contributed by atoms with van der Waals surface area (Å²) in [5.41, 5.74) is 1.05. The Balaban J connectivity index is 1.50. The van der Waals surface area contributed by atoms with Crippen molar-refractivity contribution in [2.45, 2.75) is 19.9 Å². The van der Waals surface area contributed by atoms with Crippen LogP contribution in [-0.4, -0.2) is 47.0 Å². The van der Waals surface area contributed by atoms with Gasteiger partial charge in [-0.25, -0.2) is 18.6 Å². The highest BCUT2D eigenvalue weighted by atomic mass is 32.1. The van der Waals surface area contributed by atoms with Crippen LogP contribution in [-0.2, 0) is 13.0 Å². The fourth-order valence-electron chi connectivity index (χ4n) is 2.71. The number of nitrogens with zero attached hydrogens (tertiary/aromatic N) is 3. The van der Waals surface area contributed by atoms with Crippen molar-refractivity contribution in [3.8, 4) is 0 Å². The van der Waals surface area contributed by atoms with E-state index in [2.05, 4.69) is 27.5 Å². The number of aryl methyl sites for hydroxylation is 1. The Morgan fingerprint density at radius 2 is 2.04 bits per heavy atom. The molecule has 0 bridgehead atoms. The summed E-state index contributed by atoms with van der Waals surface area (Å²) in [6.45, 7) is 5.44. The zero-order valence-corrected chi connectivity index (χ0v) is 14.8. The average molecular weight is 366 g/mol. The smallest absolute Gasteiger partial charge is 0.322 e. The van der Waals surface area contributed by atoms with Gasteiger partial charge in [-0.2, -0.15) is 0 Å². The van der Waals surface area contributed by atoms with Gasteiger partial charge in [0.15, 0.2) is 0 Å². The van der Waals surface area contributed by atoms with Gasteiger partial charge < -0.3 is 10.2 Å². The van der Waals surface area contributed by atoms with E-state index in [0.29, 0.717) is 13.1 Å². The average Bonchev–Trinajstić information content (AvgIpc) is 3.05. The summed E-state index contributed by atoms with van der Waals surface area (Å²) in [4.78, 5) is 20.7. The molecule has 0 aliphatic carbocycles. The summed E-state index contributed by atoms with van der Waals surface area (Å²) in [5.74, 6) is -1.44. The molecule has 0 atom stereocenters. The van der Waals surface area contributed by atoms with Crippen molar-refractivity contribution in [3.05, 3.63) is 45.9 Å². The van der Waals surface area contributed by atoms with Crippen LogP contribution in [0.2, 0.25) is 0 Å². The molecule has 2 heterocycles. The lowest BCUT2D eigenvalue weighted by Gasteiger charge is -2.34. The zero-order valence-electron chi connectivity index (χ0n) is 14.0. The number of benzene rings is 1. The molecular formula is C17H20F2N4OS. The minimum atomic E-state index is -0.776. The number of carbonyl (C=O) groups excluding carboxylic acids is 1. The quantitative estimate of drug-likeness (QED) is 0.903. The molecule has 8 heteroatoms. The van der Waals surface area contributed by atoms with Crippen LogP contribution >= 0.6 is 11.3 Å². The minimum absolute atomic E-state index is 0.0107. The number of anilines is 1. The van der Waals surface area contributed by atoms with Crippen LogP contribution in [0.5, 0.6) is 0 Å². The highest BCUT2D eigenvalue weighted by Crippen LogP contribution is 2.17. The highest BCUT2D eigenvalue weighted by Gasteiger charge is 2.22. The SMILES string of the molecule is CCc1nc(CN2CCN(C(=O)Nc3ccc(F)cc3F)CC2)cs1. The lowest BCUT2D eigenvalue weighted by molar-refractivity contribution is 0.142. The van der Waals surface area contributed by atoms with Crippen molar-refractivity contribution in [1.82, 2.24) is 14.8 Å². The predicted molar refractivity (Wildman–Crippen MR) is 93.7 cm³/mol. The number of hydrogen-bond acceptors (Lipinski definition) is 4. The topological polar surface area (TPSA) is 48.5 Å². The summed E-state index contributed by atoms with van der Waals surface area (Å²) in [7, 11) is 0. The molecule has 25 heavy (non-hydrogen) atoms. The molecule has 5 nitrogen and oxygen atoms in total. The van der Waals surface area contributed by atoms with Crippen molar-refractivity contribution in [1.29, 1.82) is 0 Å². The molecule has 1 fully saturated rings. The second kappa shape index (κ2) is 7.88. The molecule has 0 radical (unpaired) electrons. The molecule has 1 saturated heterocycles. The maximum Gasteiger partial charge on any atom is 0.322 e. The molecule has 2 aromatic rings. The van der Waals surface area contributed by atoms with E-state index >= 15 is 0 Å². The number of aromatic nitrogens is 1. The Labute approximate surface area is 149 Å². The van der Waals surface area contributed by atoms with Crippen LogP contribution < -0.4 is 5.32 Å². The standard InChI is InChI=1S/C17H20F2N4OS/c1-2-16-20-13(11-25-16)10-22-5-7-23(8-6-22)17(24)21-15-4-3-12(18)9-14(15)19/h3-4,9,11H,2,5-8,10H2,1H3,(H,21,24). The predicted octanol–water partition coefficient (Wildman–Crippen LogP) is 3.33. The van der Waals surface area contributed by atoms with Gasteiger partial charge in [-0.1, -0.05) is 6.92 Å². The molecule has 1 aliphatic heterocycles. The molecule has 0 unspecified atom stereocenters. The minimum Gasteiger partial charge on any atom is -0.322 e. The maximum atomic E-state index is 13.6. The first kappa shape index (κ1) is 17.8. The number of hydrogen-bond donors (Lipinski definition) is 1. The van der Waals surface area contributed by atoms with Gasteiger partial charge in [0.1, 0.15) is 11.6 Å². The fraction of sp³-hybridized carbons (Fsp3) is 0.412. The molecular weight excluding hydrogens is 346 g/mol. The number of rotatable bonds is 4. The molecule has 0 spiro atoms. The highest BCUT2D eigenvalue weighted by molar-refractivity contribution is 7.09. The molecule has 2 amide bonds. The van der Waals surface area contributed by atoms with Crippen LogP contribution in [0, 0.1) is 11.6 Å². The second-order valence-corrected chi connectivity index (χ2v) is 6.85. The Bertz CT molecular complexity index is 744. The van der Waals surface area contributed by atoms with Crippen molar-refractivity contribution < 1.29 is 13.6 Å². The first-order valence-corrected chi connectivity index (χ1v) is 9.09. The van der Waals surface area contributed by atoms with Gasteiger partial charge in [0.2, 0.25) is 0 Å². The number of urea groups is 1. The summed E-state index contributed by atoms with van der Waals surface area (Å²) < 4.78 is 26.5. The van der Waals surface area contributed by atoms with Crippen LogP contribution in [0.3, 0.4) is 0 Å². The summed E-state index contributed by atoms with van der Waals surface area (Å²) in [6, 6.07) is 2.74. The number of carbonyl (C=O) groups is 1. The Morgan fingerprint density at radius 1 is 1.28 bits per heavy atom. The van der Waals surface area contributed by atoms with E-state index < -0.39 is 11.6 Å². The van der Waals surface area contributed by atoms with Gasteiger partial charge in [-0.15, -0.1) is 11.3 Å². The van der Waals surface area contributed by atoms with E-state index in [1.807, 2.05) is 0 Å². The maximum absolute atomic E-state index is 13.6. The Hall–Kier alpha value is -2.06. The molecule has 1 aromatic heterocycles. The van der Waals surface area contributed by atoms with Gasteiger partial charge >= 0.3 is 6.03 Å². The number of thiazole rings is 1. The van der Waals surface area contributed by atoms with Crippen molar-refractivity contribution >= 4 is 23.1 Å². The first-order valence-electron chi connectivity index (χ1n) is 8.21. The monoisotopic (exact) mass is 366 g/mol. The van der Waals surface area contributed by atoms with Crippen LogP contribution in [0.25, 0.3) is 0 Å². The summed E-state index contributed by atoms with van der Waals surface area (Å²) in [5, 5.41) is 5.71. The molecule has 3 rings (SSSR count). The summed E-state index contributed by atoms with van der Waals surface area (Å²) in [6.07, 6.45) is 0.943. The fourth-order valence-corrected chi connectivity index (χ4v) is 3.44. The van der Waals surface area contributed by atoms with Crippen LogP contribution in [0.1, 0.15) is 17.6 Å². The molecule has 0 saturated carbocycles. The van der Waals surface area contributed by atoms with Crippen molar-refractivity contribution in [2.75, 3.05) is 31.5 Å². The number of amides is 2. The number of halogens is 2. The Morgan fingerprint density at radius 3 is 2.68 bits per heavy atom. The van der Waals surface area contributed by atoms with E-state index in [4.69, 9.17) is 0 Å². The van der Waals surface area contributed by atoms with E-state index in [9.17, 15) is 13.6 Å². The third-order valence-corrected chi connectivity index (χ3v) is 5.16. The third kappa shape index (κ3) is 4.52. The zero-order chi connectivity index (χ0) is 17.8. The number of piperazine rings is 1. The molecule has 134 valence electrons. The third-order valence-electron chi connectivity index (χ3n) is 4.12. The van der Waals surface area contributed by atoms with Crippen LogP contribution in [0.15, 0.2) is 23.6 Å². The van der Waals surface area contributed by atoms with E-state index in [-0.39, 0.29) is 11.7 Å². The van der Waals surface area contributed by atoms with Gasteiger partial charge in [0.25, 0.3) is 0 Å². The van der Waals surface area contributed by atoms with Gasteiger partial charge in [-0.05, 0) is 18.6 Å². The first-order chi connectivity index (χ1) is 12.0. The van der Waals surface area contributed by atoms with E-state index in [0.717, 1.165) is 48.9 Å². The van der Waals surface area contributed by atoms with Crippen LogP contribution in [0.4, 0.5) is 19.3 Å². The lowest BCUT2D eigenvalue weighted by atomic mass is 10.3. The van der Waals surface area contributed by atoms with Gasteiger partial charge in [0.05, 0.1) is 16.4 Å². The number of nitrogens with one attached hydrogen (secondary N) is 1. The molecule has 1 N–H and O–H groups in total. The van der Waals surface area contributed by atoms with Gasteiger partial charge in [0, 0.05) is 44.2 Å². The largest absolute Gasteiger partial charge is 0.322 e. The van der Waals surface area contributed by atoms with E-state index in [1.165, 1.54) is 6.07 Å². The van der Waals surface area contributed by atoms with Crippen molar-refractivity contribution in [3.63, 3.8) is 0 Å². The van der Waals surface area contributed by atoms with Crippen molar-refractivity contribution in [2.24, 2.45) is 0 Å². The summed E-state index contributed by atoms with van der Waals surface area (Å²) >= 11 is 1.67. The lowest BCUT2D eigenvalue weighted by Crippen LogP contribution is -2.49. The molecule has 1 aliphatic rings. The Kier molecular flexibility index (Phi) is 5.60. The second-order valence-electron chi connectivity index (χ2n) is 5.90. The molecule has 1 aromatic carbocycles. The normalized spacial score (nSPS) is 15.4.